The normalized spacial score (nSPS) is 10.6. The lowest BCUT2D eigenvalue weighted by Gasteiger charge is -2.05. The quantitative estimate of drug-likeness (QED) is 0.913. The van der Waals surface area contributed by atoms with Gasteiger partial charge in [0.25, 0.3) is 5.56 Å². The monoisotopic (exact) mass is 307 g/mol. The molecule has 0 amide bonds. The molecule has 0 bridgehead atoms. The number of hydrogen-bond donors (Lipinski definition) is 2. The van der Waals surface area contributed by atoms with Crippen LogP contribution in [0.15, 0.2) is 33.5 Å². The van der Waals surface area contributed by atoms with Crippen LogP contribution in [0.4, 0.5) is 5.95 Å². The Morgan fingerprint density at radius 2 is 2.17 bits per heavy atom. The Labute approximate surface area is 113 Å². The maximum absolute atomic E-state index is 11.5. The molecular weight excluding hydrogens is 294 g/mol. The summed E-state index contributed by atoms with van der Waals surface area (Å²) >= 11 is 3.44. The molecule has 1 aromatic heterocycles. The van der Waals surface area contributed by atoms with Crippen LogP contribution in [-0.4, -0.2) is 9.97 Å². The number of halogens is 1. The number of aromatic nitrogens is 2. The third-order valence-electron chi connectivity index (χ3n) is 2.81. The number of nitrogen functional groups attached to an aromatic ring is 1. The van der Waals surface area contributed by atoms with E-state index in [9.17, 15) is 4.79 Å². The van der Waals surface area contributed by atoms with Gasteiger partial charge in [-0.25, -0.2) is 4.98 Å². The Balaban J connectivity index is 2.18. The van der Waals surface area contributed by atoms with Crippen molar-refractivity contribution in [2.45, 2.75) is 19.8 Å². The van der Waals surface area contributed by atoms with E-state index in [-0.39, 0.29) is 11.5 Å². The molecule has 0 saturated carbocycles. The molecule has 0 saturated heterocycles. The van der Waals surface area contributed by atoms with Gasteiger partial charge in [-0.1, -0.05) is 28.1 Å². The molecule has 94 valence electrons. The van der Waals surface area contributed by atoms with Gasteiger partial charge in [0, 0.05) is 10.0 Å². The molecule has 3 N–H and O–H groups in total. The van der Waals surface area contributed by atoms with Gasteiger partial charge < -0.3 is 5.73 Å². The summed E-state index contributed by atoms with van der Waals surface area (Å²) in [5.41, 5.74) is 7.98. The zero-order chi connectivity index (χ0) is 13.1. The first-order valence-electron chi connectivity index (χ1n) is 5.66. The highest BCUT2D eigenvalue weighted by Crippen LogP contribution is 2.14. The van der Waals surface area contributed by atoms with E-state index in [1.165, 1.54) is 5.56 Å². The summed E-state index contributed by atoms with van der Waals surface area (Å²) in [5.74, 6) is 0.176. The van der Waals surface area contributed by atoms with E-state index in [4.69, 9.17) is 5.73 Å². The van der Waals surface area contributed by atoms with E-state index < -0.39 is 0 Å². The Kier molecular flexibility index (Phi) is 3.81. The average Bonchev–Trinajstić information content (AvgIpc) is 2.32. The number of aryl methyl sites for hydroxylation is 2. The third kappa shape index (κ3) is 2.98. The van der Waals surface area contributed by atoms with Crippen LogP contribution < -0.4 is 11.3 Å². The molecule has 0 aliphatic carbocycles. The van der Waals surface area contributed by atoms with Crippen LogP contribution in [-0.2, 0) is 12.8 Å². The first-order valence-corrected chi connectivity index (χ1v) is 6.45. The molecule has 4 nitrogen and oxygen atoms in total. The summed E-state index contributed by atoms with van der Waals surface area (Å²) in [7, 11) is 0. The summed E-state index contributed by atoms with van der Waals surface area (Å²) in [6.07, 6.45) is 1.53. The zero-order valence-corrected chi connectivity index (χ0v) is 11.6. The van der Waals surface area contributed by atoms with Crippen molar-refractivity contribution in [3.63, 3.8) is 0 Å². The second-order valence-corrected chi connectivity index (χ2v) is 5.07. The summed E-state index contributed by atoms with van der Waals surface area (Å²) in [6.45, 7) is 1.77. The van der Waals surface area contributed by atoms with Gasteiger partial charge in [0.1, 0.15) is 0 Å². The molecule has 2 aromatic rings. The minimum atomic E-state index is -0.160. The number of nitrogens with zero attached hydrogens (tertiary/aromatic N) is 1. The zero-order valence-electron chi connectivity index (χ0n) is 10.0. The van der Waals surface area contributed by atoms with Gasteiger partial charge in [-0.2, -0.15) is 0 Å². The molecular formula is C13H14BrN3O. The lowest BCUT2D eigenvalue weighted by molar-refractivity contribution is 0.880. The van der Waals surface area contributed by atoms with Gasteiger partial charge in [-0.15, -0.1) is 0 Å². The van der Waals surface area contributed by atoms with Crippen molar-refractivity contribution in [3.05, 3.63) is 55.9 Å². The van der Waals surface area contributed by atoms with Crippen molar-refractivity contribution in [2.75, 3.05) is 5.73 Å². The molecule has 0 aliphatic heterocycles. The third-order valence-corrected chi connectivity index (χ3v) is 3.30. The number of rotatable bonds is 3. The molecule has 0 unspecified atom stereocenters. The number of aromatic amines is 1. The molecule has 0 fully saturated rings. The van der Waals surface area contributed by atoms with E-state index in [1.54, 1.807) is 6.92 Å². The van der Waals surface area contributed by atoms with Crippen LogP contribution >= 0.6 is 15.9 Å². The summed E-state index contributed by atoms with van der Waals surface area (Å²) < 4.78 is 1.05. The highest BCUT2D eigenvalue weighted by Gasteiger charge is 2.06. The summed E-state index contributed by atoms with van der Waals surface area (Å²) in [4.78, 5) is 18.2. The molecule has 5 heteroatoms. The van der Waals surface area contributed by atoms with Crippen molar-refractivity contribution in [1.82, 2.24) is 9.97 Å². The van der Waals surface area contributed by atoms with Crippen molar-refractivity contribution in [1.29, 1.82) is 0 Å². The Hall–Kier alpha value is -1.62. The average molecular weight is 308 g/mol. The van der Waals surface area contributed by atoms with E-state index in [2.05, 4.69) is 38.0 Å². The Morgan fingerprint density at radius 3 is 2.89 bits per heavy atom. The van der Waals surface area contributed by atoms with Crippen LogP contribution in [0.1, 0.15) is 16.8 Å². The maximum Gasteiger partial charge on any atom is 0.255 e. The van der Waals surface area contributed by atoms with Crippen LogP contribution in [0.5, 0.6) is 0 Å². The number of nitrogens with one attached hydrogen (secondary N) is 1. The molecule has 18 heavy (non-hydrogen) atoms. The molecule has 0 aliphatic rings. The van der Waals surface area contributed by atoms with E-state index in [1.807, 2.05) is 12.1 Å². The van der Waals surface area contributed by atoms with Gasteiger partial charge in [0.05, 0.1) is 5.69 Å². The number of H-pyrrole nitrogens is 1. The van der Waals surface area contributed by atoms with E-state index >= 15 is 0 Å². The fourth-order valence-electron chi connectivity index (χ4n) is 1.80. The Morgan fingerprint density at radius 1 is 1.39 bits per heavy atom. The number of benzene rings is 1. The molecule has 0 radical (unpaired) electrons. The molecule has 2 rings (SSSR count). The van der Waals surface area contributed by atoms with Crippen molar-refractivity contribution in [2.24, 2.45) is 0 Å². The molecule has 0 atom stereocenters. The minimum absolute atomic E-state index is 0.160. The summed E-state index contributed by atoms with van der Waals surface area (Å²) in [6, 6.07) is 8.09. The number of hydrogen-bond acceptors (Lipinski definition) is 3. The van der Waals surface area contributed by atoms with Crippen LogP contribution in [0.3, 0.4) is 0 Å². The van der Waals surface area contributed by atoms with Gasteiger partial charge >= 0.3 is 0 Å². The highest BCUT2D eigenvalue weighted by atomic mass is 79.9. The van der Waals surface area contributed by atoms with Gasteiger partial charge in [0.15, 0.2) is 0 Å². The van der Waals surface area contributed by atoms with Crippen molar-refractivity contribution < 1.29 is 0 Å². The van der Waals surface area contributed by atoms with Gasteiger partial charge in [0.2, 0.25) is 5.95 Å². The molecule has 1 heterocycles. The summed E-state index contributed by atoms with van der Waals surface area (Å²) in [5, 5.41) is 0. The van der Waals surface area contributed by atoms with Crippen molar-refractivity contribution in [3.8, 4) is 0 Å². The van der Waals surface area contributed by atoms with Crippen LogP contribution in [0.25, 0.3) is 0 Å². The first kappa shape index (κ1) is 12.8. The predicted octanol–water partition coefficient (Wildman–Crippen LogP) is 2.21. The van der Waals surface area contributed by atoms with Gasteiger partial charge in [-0.05, 0) is 37.5 Å². The number of nitrogens with two attached hydrogens (primary N) is 1. The second kappa shape index (κ2) is 5.35. The lowest BCUT2D eigenvalue weighted by Crippen LogP contribution is -2.17. The Bertz CT molecular complexity index is 622. The standard InChI is InChI=1S/C13H14BrN3O/c1-8-11(16-13(15)17-12(8)18)6-5-9-3-2-4-10(14)7-9/h2-4,7H,5-6H2,1H3,(H3,15,16,17,18). The van der Waals surface area contributed by atoms with E-state index in [0.717, 1.165) is 16.6 Å². The van der Waals surface area contributed by atoms with Crippen LogP contribution in [0, 0.1) is 6.92 Å². The first-order chi connectivity index (χ1) is 8.56. The minimum Gasteiger partial charge on any atom is -0.369 e. The van der Waals surface area contributed by atoms with Gasteiger partial charge in [-0.3, -0.25) is 9.78 Å². The highest BCUT2D eigenvalue weighted by molar-refractivity contribution is 9.10. The van der Waals surface area contributed by atoms with Crippen molar-refractivity contribution >= 4 is 21.9 Å². The lowest BCUT2D eigenvalue weighted by atomic mass is 10.1. The SMILES string of the molecule is Cc1c(CCc2cccc(Br)c2)nc(N)[nH]c1=O. The second-order valence-electron chi connectivity index (χ2n) is 4.15. The fourth-order valence-corrected chi connectivity index (χ4v) is 2.24. The maximum atomic E-state index is 11.5. The number of anilines is 1. The fraction of sp³-hybridized carbons (Fsp3) is 0.231. The predicted molar refractivity (Wildman–Crippen MR) is 75.6 cm³/mol. The van der Waals surface area contributed by atoms with E-state index in [0.29, 0.717) is 12.0 Å². The van der Waals surface area contributed by atoms with Crippen LogP contribution in [0.2, 0.25) is 0 Å². The largest absolute Gasteiger partial charge is 0.369 e. The molecule has 1 aromatic carbocycles. The molecule has 0 spiro atoms. The topological polar surface area (TPSA) is 71.8 Å². The smallest absolute Gasteiger partial charge is 0.255 e.